The second-order valence-electron chi connectivity index (χ2n) is 5.28. The molecular formula is C16H23N3O2. The molecule has 0 spiro atoms. The summed E-state index contributed by atoms with van der Waals surface area (Å²) in [5, 5.41) is 8.01. The molecule has 0 radical (unpaired) electrons. The van der Waals surface area contributed by atoms with E-state index in [4.69, 9.17) is 9.47 Å². The van der Waals surface area contributed by atoms with Crippen LogP contribution in [-0.4, -0.2) is 30.0 Å². The van der Waals surface area contributed by atoms with Crippen LogP contribution in [0.25, 0.3) is 11.3 Å². The molecule has 0 unspecified atom stereocenters. The molecule has 2 rings (SSSR count). The maximum atomic E-state index is 5.48. The summed E-state index contributed by atoms with van der Waals surface area (Å²) in [7, 11) is 5.23. The third-order valence-corrected chi connectivity index (χ3v) is 3.27. The molecule has 2 aromatic rings. The van der Waals surface area contributed by atoms with Gasteiger partial charge in [0.05, 0.1) is 14.2 Å². The fourth-order valence-electron chi connectivity index (χ4n) is 2.20. The average molecular weight is 289 g/mol. The van der Waals surface area contributed by atoms with Crippen molar-refractivity contribution in [1.29, 1.82) is 0 Å². The number of hydrogen-bond donors (Lipinski definition) is 1. The Kier molecular flexibility index (Phi) is 4.85. The van der Waals surface area contributed by atoms with E-state index in [0.717, 1.165) is 34.9 Å². The Morgan fingerprint density at radius 1 is 1.24 bits per heavy atom. The summed E-state index contributed by atoms with van der Waals surface area (Å²) >= 11 is 0. The first kappa shape index (κ1) is 15.4. The van der Waals surface area contributed by atoms with Crippen molar-refractivity contribution >= 4 is 0 Å². The number of methoxy groups -OCH3 is 2. The van der Waals surface area contributed by atoms with Gasteiger partial charge >= 0.3 is 0 Å². The topological polar surface area (TPSA) is 48.3 Å². The SMILES string of the molecule is COc1ccc(-c2nn(C)cc2CNC(C)C)c(OC)c1. The third kappa shape index (κ3) is 3.55. The molecule has 0 bridgehead atoms. The molecule has 1 N–H and O–H groups in total. The Morgan fingerprint density at radius 3 is 2.62 bits per heavy atom. The van der Waals surface area contributed by atoms with Gasteiger partial charge in [-0.15, -0.1) is 0 Å². The van der Waals surface area contributed by atoms with Gasteiger partial charge < -0.3 is 14.8 Å². The summed E-state index contributed by atoms with van der Waals surface area (Å²) < 4.78 is 12.6. The second-order valence-corrected chi connectivity index (χ2v) is 5.28. The third-order valence-electron chi connectivity index (χ3n) is 3.27. The quantitative estimate of drug-likeness (QED) is 0.888. The molecule has 0 aliphatic heterocycles. The highest BCUT2D eigenvalue weighted by atomic mass is 16.5. The molecule has 1 aromatic heterocycles. The van der Waals surface area contributed by atoms with Crippen molar-refractivity contribution in [2.24, 2.45) is 7.05 Å². The molecule has 1 heterocycles. The number of nitrogens with one attached hydrogen (secondary N) is 1. The number of hydrogen-bond acceptors (Lipinski definition) is 4. The van der Waals surface area contributed by atoms with Gasteiger partial charge in [-0.3, -0.25) is 4.68 Å². The first-order valence-corrected chi connectivity index (χ1v) is 7.03. The lowest BCUT2D eigenvalue weighted by molar-refractivity contribution is 0.395. The molecule has 0 saturated carbocycles. The van der Waals surface area contributed by atoms with E-state index < -0.39 is 0 Å². The lowest BCUT2D eigenvalue weighted by Gasteiger charge is -2.11. The van der Waals surface area contributed by atoms with Gasteiger partial charge in [-0.25, -0.2) is 0 Å². The van der Waals surface area contributed by atoms with Gasteiger partial charge in [-0.2, -0.15) is 5.10 Å². The molecule has 0 atom stereocenters. The van der Waals surface area contributed by atoms with Gasteiger partial charge in [0.2, 0.25) is 0 Å². The molecule has 0 fully saturated rings. The highest BCUT2D eigenvalue weighted by Gasteiger charge is 2.15. The predicted octanol–water partition coefficient (Wildman–Crippen LogP) is 2.60. The van der Waals surface area contributed by atoms with Crippen LogP contribution in [0.4, 0.5) is 0 Å². The van der Waals surface area contributed by atoms with Crippen molar-refractivity contribution in [3.05, 3.63) is 30.0 Å². The van der Waals surface area contributed by atoms with Gasteiger partial charge in [0.25, 0.3) is 0 Å². The molecule has 21 heavy (non-hydrogen) atoms. The number of ether oxygens (including phenoxy) is 2. The van der Waals surface area contributed by atoms with Gasteiger partial charge in [0.1, 0.15) is 17.2 Å². The van der Waals surface area contributed by atoms with E-state index in [-0.39, 0.29) is 0 Å². The fourth-order valence-corrected chi connectivity index (χ4v) is 2.20. The molecule has 5 nitrogen and oxygen atoms in total. The number of aryl methyl sites for hydroxylation is 1. The van der Waals surface area contributed by atoms with Gasteiger partial charge in [-0.1, -0.05) is 13.8 Å². The van der Waals surface area contributed by atoms with Crippen LogP contribution in [0.15, 0.2) is 24.4 Å². The van der Waals surface area contributed by atoms with Crippen LogP contribution in [0.2, 0.25) is 0 Å². The number of aromatic nitrogens is 2. The van der Waals surface area contributed by atoms with Crippen LogP contribution in [0.3, 0.4) is 0 Å². The zero-order valence-electron chi connectivity index (χ0n) is 13.3. The summed E-state index contributed by atoms with van der Waals surface area (Å²) in [6.07, 6.45) is 2.04. The molecule has 0 amide bonds. The summed E-state index contributed by atoms with van der Waals surface area (Å²) in [4.78, 5) is 0. The Labute approximate surface area is 125 Å². The molecule has 5 heteroatoms. The summed E-state index contributed by atoms with van der Waals surface area (Å²) in [5.74, 6) is 1.53. The Balaban J connectivity index is 2.41. The summed E-state index contributed by atoms with van der Waals surface area (Å²) in [5.41, 5.74) is 3.05. The normalized spacial score (nSPS) is 11.0. The minimum absolute atomic E-state index is 0.427. The van der Waals surface area contributed by atoms with E-state index in [1.165, 1.54) is 0 Å². The molecule has 114 valence electrons. The summed E-state index contributed by atoms with van der Waals surface area (Å²) in [6.45, 7) is 5.03. The van der Waals surface area contributed by atoms with E-state index in [1.54, 1.807) is 14.2 Å². The lowest BCUT2D eigenvalue weighted by atomic mass is 10.1. The van der Waals surface area contributed by atoms with Crippen LogP contribution in [0.5, 0.6) is 11.5 Å². The smallest absolute Gasteiger partial charge is 0.132 e. The number of rotatable bonds is 6. The van der Waals surface area contributed by atoms with E-state index in [9.17, 15) is 0 Å². The van der Waals surface area contributed by atoms with Crippen molar-refractivity contribution in [2.45, 2.75) is 26.4 Å². The Bertz CT molecular complexity index is 606. The van der Waals surface area contributed by atoms with Crippen LogP contribution in [-0.2, 0) is 13.6 Å². The van der Waals surface area contributed by atoms with E-state index >= 15 is 0 Å². The monoisotopic (exact) mass is 289 g/mol. The molecule has 0 aliphatic carbocycles. The van der Waals surface area contributed by atoms with E-state index in [0.29, 0.717) is 6.04 Å². The van der Waals surface area contributed by atoms with Gasteiger partial charge in [0, 0.05) is 43.0 Å². The van der Waals surface area contributed by atoms with Crippen molar-refractivity contribution in [1.82, 2.24) is 15.1 Å². The molecular weight excluding hydrogens is 266 g/mol. The largest absolute Gasteiger partial charge is 0.497 e. The second kappa shape index (κ2) is 6.63. The minimum Gasteiger partial charge on any atom is -0.497 e. The highest BCUT2D eigenvalue weighted by molar-refractivity contribution is 5.71. The van der Waals surface area contributed by atoms with E-state index in [1.807, 2.05) is 36.1 Å². The van der Waals surface area contributed by atoms with Crippen molar-refractivity contribution in [3.63, 3.8) is 0 Å². The van der Waals surface area contributed by atoms with Crippen molar-refractivity contribution in [3.8, 4) is 22.8 Å². The average Bonchev–Trinajstić information content (AvgIpc) is 2.85. The zero-order valence-corrected chi connectivity index (χ0v) is 13.3. The predicted molar refractivity (Wildman–Crippen MR) is 83.7 cm³/mol. The van der Waals surface area contributed by atoms with Gasteiger partial charge in [-0.05, 0) is 12.1 Å². The van der Waals surface area contributed by atoms with Crippen LogP contribution >= 0.6 is 0 Å². The standard InChI is InChI=1S/C16H23N3O2/c1-11(2)17-9-12-10-19(3)18-16(12)14-7-6-13(20-4)8-15(14)21-5/h6-8,10-11,17H,9H2,1-5H3. The summed E-state index contributed by atoms with van der Waals surface area (Å²) in [6, 6.07) is 6.21. The number of benzene rings is 1. The minimum atomic E-state index is 0.427. The van der Waals surface area contributed by atoms with Crippen LogP contribution < -0.4 is 14.8 Å². The van der Waals surface area contributed by atoms with Crippen LogP contribution in [0, 0.1) is 0 Å². The Morgan fingerprint density at radius 2 is 2.00 bits per heavy atom. The molecule has 1 aromatic carbocycles. The van der Waals surface area contributed by atoms with Crippen LogP contribution in [0.1, 0.15) is 19.4 Å². The van der Waals surface area contributed by atoms with Gasteiger partial charge in [0.15, 0.2) is 0 Å². The number of nitrogens with zero attached hydrogens (tertiary/aromatic N) is 2. The fraction of sp³-hybridized carbons (Fsp3) is 0.438. The van der Waals surface area contributed by atoms with Crippen molar-refractivity contribution in [2.75, 3.05) is 14.2 Å². The van der Waals surface area contributed by atoms with E-state index in [2.05, 4.69) is 24.3 Å². The molecule has 0 saturated heterocycles. The first-order chi connectivity index (χ1) is 10.0. The maximum absolute atomic E-state index is 5.48. The lowest BCUT2D eigenvalue weighted by Crippen LogP contribution is -2.21. The maximum Gasteiger partial charge on any atom is 0.132 e. The zero-order chi connectivity index (χ0) is 15.4. The Hall–Kier alpha value is -2.01. The van der Waals surface area contributed by atoms with Crippen molar-refractivity contribution < 1.29 is 9.47 Å². The first-order valence-electron chi connectivity index (χ1n) is 7.03. The highest BCUT2D eigenvalue weighted by Crippen LogP contribution is 2.34. The molecule has 0 aliphatic rings.